The van der Waals surface area contributed by atoms with Crippen molar-refractivity contribution in [3.8, 4) is 0 Å². The number of hydrogen-bond donors (Lipinski definition) is 1. The lowest BCUT2D eigenvalue weighted by Gasteiger charge is -1.89. The van der Waals surface area contributed by atoms with Crippen molar-refractivity contribution in [1.82, 2.24) is 0 Å². The number of hydrogen-bond acceptors (Lipinski definition) is 1. The average Bonchev–Trinajstić information content (AvgIpc) is 1.83. The molecule has 1 N–H and O–H groups in total. The second-order valence-corrected chi connectivity index (χ2v) is 1.63. The molecule has 0 bridgehead atoms. The first-order valence-electron chi connectivity index (χ1n) is 2.69. The van der Waals surface area contributed by atoms with Gasteiger partial charge in [0.2, 0.25) is 0 Å². The van der Waals surface area contributed by atoms with Crippen molar-refractivity contribution < 1.29 is 14.3 Å². The van der Waals surface area contributed by atoms with Gasteiger partial charge in [0.05, 0.1) is 12.2 Å². The van der Waals surface area contributed by atoms with Crippen LogP contribution in [0.1, 0.15) is 19.8 Å². The predicted octanol–water partition coefficient (Wildman–Crippen LogP) is 1.72. The summed E-state index contributed by atoms with van der Waals surface area (Å²) in [4.78, 5) is 9.83. The first kappa shape index (κ1) is 8.14. The summed E-state index contributed by atoms with van der Waals surface area (Å²) in [6, 6.07) is 0. The van der Waals surface area contributed by atoms with Gasteiger partial charge < -0.3 is 5.11 Å². The monoisotopic (exact) mass is 132 g/mol. The summed E-state index contributed by atoms with van der Waals surface area (Å²) in [5, 5.41) is 8.06. The van der Waals surface area contributed by atoms with Crippen molar-refractivity contribution in [2.75, 3.05) is 0 Å². The van der Waals surface area contributed by atoms with E-state index in [1.54, 1.807) is 0 Å². The minimum atomic E-state index is -0.966. The molecule has 0 aliphatic carbocycles. The zero-order valence-electron chi connectivity index (χ0n) is 5.22. The quantitative estimate of drug-likeness (QED) is 0.634. The van der Waals surface area contributed by atoms with E-state index in [-0.39, 0.29) is 18.7 Å². The third kappa shape index (κ3) is 5.00. The Bertz CT molecular complexity index is 129. The van der Waals surface area contributed by atoms with E-state index in [2.05, 4.69) is 0 Å². The summed E-state index contributed by atoms with van der Waals surface area (Å²) >= 11 is 0. The summed E-state index contributed by atoms with van der Waals surface area (Å²) in [5.74, 6) is -1.33. The highest BCUT2D eigenvalue weighted by Crippen LogP contribution is 2.04. The SMILES string of the molecule is C/C=C(/F)CCC(=O)O. The van der Waals surface area contributed by atoms with Gasteiger partial charge in [-0.05, 0) is 6.92 Å². The minimum absolute atomic E-state index is 0.00579. The number of aliphatic carboxylic acids is 1. The molecule has 0 spiro atoms. The Kier molecular flexibility index (Phi) is 3.67. The standard InChI is InChI=1S/C6H9FO2/c1-2-5(7)3-4-6(8)9/h2H,3-4H2,1H3,(H,8,9)/b5-2+. The fourth-order valence-electron chi connectivity index (χ4n) is 0.371. The number of carboxylic acids is 1. The van der Waals surface area contributed by atoms with Gasteiger partial charge in [-0.15, -0.1) is 0 Å². The molecule has 0 rings (SSSR count). The fourth-order valence-corrected chi connectivity index (χ4v) is 0.371. The highest BCUT2D eigenvalue weighted by atomic mass is 19.1. The molecule has 0 saturated carbocycles. The number of carbonyl (C=O) groups is 1. The molecule has 0 fully saturated rings. The molecule has 0 aromatic carbocycles. The van der Waals surface area contributed by atoms with Crippen LogP contribution in [0.25, 0.3) is 0 Å². The lowest BCUT2D eigenvalue weighted by Crippen LogP contribution is -1.93. The van der Waals surface area contributed by atoms with Gasteiger partial charge in [-0.25, -0.2) is 4.39 Å². The summed E-state index contributed by atoms with van der Waals surface area (Å²) < 4.78 is 12.1. The van der Waals surface area contributed by atoms with E-state index in [1.807, 2.05) is 0 Å². The average molecular weight is 132 g/mol. The van der Waals surface area contributed by atoms with E-state index in [4.69, 9.17) is 5.11 Å². The first-order valence-corrected chi connectivity index (χ1v) is 2.69. The molecule has 0 unspecified atom stereocenters. The van der Waals surface area contributed by atoms with Crippen molar-refractivity contribution in [2.45, 2.75) is 19.8 Å². The Morgan fingerprint density at radius 3 is 2.56 bits per heavy atom. The van der Waals surface area contributed by atoms with Crippen molar-refractivity contribution >= 4 is 5.97 Å². The maximum absolute atomic E-state index is 12.1. The van der Waals surface area contributed by atoms with Crippen LogP contribution in [0.5, 0.6) is 0 Å². The molecule has 0 radical (unpaired) electrons. The summed E-state index contributed by atoms with van der Waals surface area (Å²) in [6.45, 7) is 1.54. The Morgan fingerprint density at radius 1 is 1.67 bits per heavy atom. The summed E-state index contributed by atoms with van der Waals surface area (Å²) in [5.41, 5.74) is 0. The van der Waals surface area contributed by atoms with Crippen LogP contribution in [0, 0.1) is 0 Å². The molecule has 0 aliphatic heterocycles. The second-order valence-electron chi connectivity index (χ2n) is 1.63. The highest BCUT2D eigenvalue weighted by molar-refractivity contribution is 5.66. The maximum atomic E-state index is 12.1. The molecule has 52 valence electrons. The molecule has 0 heterocycles. The molecule has 2 nitrogen and oxygen atoms in total. The van der Waals surface area contributed by atoms with Crippen molar-refractivity contribution in [3.63, 3.8) is 0 Å². The number of allylic oxidation sites excluding steroid dienone is 2. The molecule has 0 aliphatic rings. The van der Waals surface area contributed by atoms with E-state index < -0.39 is 5.97 Å². The van der Waals surface area contributed by atoms with Crippen LogP contribution in [0.4, 0.5) is 4.39 Å². The molecule has 0 amide bonds. The molecule has 9 heavy (non-hydrogen) atoms. The third-order valence-corrected chi connectivity index (χ3v) is 0.891. The molecule has 0 aromatic rings. The van der Waals surface area contributed by atoms with E-state index in [0.29, 0.717) is 0 Å². The van der Waals surface area contributed by atoms with Gasteiger partial charge in [0.1, 0.15) is 0 Å². The molecular formula is C6H9FO2. The maximum Gasteiger partial charge on any atom is 0.303 e. The first-order chi connectivity index (χ1) is 4.16. The van der Waals surface area contributed by atoms with Gasteiger partial charge >= 0.3 is 5.97 Å². The fraction of sp³-hybridized carbons (Fsp3) is 0.500. The lowest BCUT2D eigenvalue weighted by molar-refractivity contribution is -0.137. The third-order valence-electron chi connectivity index (χ3n) is 0.891. The van der Waals surface area contributed by atoms with Gasteiger partial charge in [0.25, 0.3) is 0 Å². The predicted molar refractivity (Wildman–Crippen MR) is 31.7 cm³/mol. The summed E-state index contributed by atoms with van der Waals surface area (Å²) in [6.07, 6.45) is 1.14. The Hall–Kier alpha value is -0.860. The Morgan fingerprint density at radius 2 is 2.22 bits per heavy atom. The zero-order valence-corrected chi connectivity index (χ0v) is 5.22. The molecule has 3 heteroatoms. The second kappa shape index (κ2) is 4.06. The van der Waals surface area contributed by atoms with Crippen molar-refractivity contribution in [3.05, 3.63) is 11.9 Å². The molecule has 0 aromatic heterocycles. The van der Waals surface area contributed by atoms with Crippen LogP contribution < -0.4 is 0 Å². The normalized spacial score (nSPS) is 11.6. The van der Waals surface area contributed by atoms with E-state index in [0.717, 1.165) is 0 Å². The van der Waals surface area contributed by atoms with Gasteiger partial charge in [0.15, 0.2) is 0 Å². The van der Waals surface area contributed by atoms with E-state index >= 15 is 0 Å². The highest BCUT2D eigenvalue weighted by Gasteiger charge is 1.98. The summed E-state index contributed by atoms with van der Waals surface area (Å²) in [7, 11) is 0. The largest absolute Gasteiger partial charge is 0.481 e. The van der Waals surface area contributed by atoms with Crippen LogP contribution in [0.15, 0.2) is 11.9 Å². The van der Waals surface area contributed by atoms with Gasteiger partial charge in [-0.3, -0.25) is 4.79 Å². The van der Waals surface area contributed by atoms with Crippen LogP contribution in [0.2, 0.25) is 0 Å². The van der Waals surface area contributed by atoms with Crippen LogP contribution >= 0.6 is 0 Å². The lowest BCUT2D eigenvalue weighted by atomic mass is 10.3. The zero-order chi connectivity index (χ0) is 7.28. The molecule has 0 saturated heterocycles. The Balaban J connectivity index is 3.39. The van der Waals surface area contributed by atoms with Crippen LogP contribution in [-0.2, 0) is 4.79 Å². The molecular weight excluding hydrogens is 123 g/mol. The van der Waals surface area contributed by atoms with Gasteiger partial charge in [-0.2, -0.15) is 0 Å². The number of carboxylic acid groups (broad SMARTS) is 1. The smallest absolute Gasteiger partial charge is 0.303 e. The van der Waals surface area contributed by atoms with Crippen molar-refractivity contribution in [1.29, 1.82) is 0 Å². The van der Waals surface area contributed by atoms with Gasteiger partial charge in [-0.1, -0.05) is 6.08 Å². The number of halogens is 1. The van der Waals surface area contributed by atoms with E-state index in [9.17, 15) is 9.18 Å². The van der Waals surface area contributed by atoms with Crippen LogP contribution in [-0.4, -0.2) is 11.1 Å². The van der Waals surface area contributed by atoms with Gasteiger partial charge in [0, 0.05) is 6.42 Å². The minimum Gasteiger partial charge on any atom is -0.481 e. The topological polar surface area (TPSA) is 37.3 Å². The van der Waals surface area contributed by atoms with Crippen LogP contribution in [0.3, 0.4) is 0 Å². The van der Waals surface area contributed by atoms with E-state index in [1.165, 1.54) is 13.0 Å². The number of rotatable bonds is 3. The van der Waals surface area contributed by atoms with Crippen molar-refractivity contribution in [2.24, 2.45) is 0 Å². The molecule has 0 atom stereocenters. The Labute approximate surface area is 53.0 Å².